The van der Waals surface area contributed by atoms with Crippen LogP contribution >= 0.6 is 0 Å². The zero-order valence-electron chi connectivity index (χ0n) is 16.9. The molecule has 0 aromatic carbocycles. The van der Waals surface area contributed by atoms with Crippen LogP contribution in [0.4, 0.5) is 13.2 Å². The minimum atomic E-state index is -4.57. The number of aryl methyl sites for hydroxylation is 1. The summed E-state index contributed by atoms with van der Waals surface area (Å²) in [5, 5.41) is 7.99. The van der Waals surface area contributed by atoms with Crippen LogP contribution in [0.1, 0.15) is 66.0 Å². The summed E-state index contributed by atoms with van der Waals surface area (Å²) >= 11 is 0. The zero-order chi connectivity index (χ0) is 21.6. The van der Waals surface area contributed by atoms with Crippen LogP contribution in [-0.4, -0.2) is 43.8 Å². The summed E-state index contributed by atoms with van der Waals surface area (Å²) in [5.41, 5.74) is -0.0912. The molecule has 0 saturated carbocycles. The molecule has 1 unspecified atom stereocenters. The number of alkyl halides is 3. The van der Waals surface area contributed by atoms with E-state index in [1.54, 1.807) is 38.1 Å². The van der Waals surface area contributed by atoms with Gasteiger partial charge in [-0.15, -0.1) is 0 Å². The molecule has 0 aliphatic carbocycles. The maximum absolute atomic E-state index is 13.8. The standard InChI is InChI=1S/C20H22F3N5O2/c1-11(2)15-9-13(20(21,22)23)16-17(26-30-18(16)24-15)12-5-4-7-28(10-12)19(29)14-6-8-27(3)25-14/h6,8-9,11-12H,4-5,7,10H2,1-3H3. The third kappa shape index (κ3) is 3.66. The Morgan fingerprint density at radius 1 is 1.33 bits per heavy atom. The number of nitrogens with zero attached hydrogens (tertiary/aromatic N) is 5. The SMILES string of the molecule is CC(C)c1cc(C(F)(F)F)c2c(C3CCCN(C(=O)c4ccn(C)n4)C3)noc2n1. The molecule has 30 heavy (non-hydrogen) atoms. The number of hydrogen-bond acceptors (Lipinski definition) is 5. The molecule has 4 rings (SSSR count). The van der Waals surface area contributed by atoms with E-state index in [1.807, 2.05) is 0 Å². The Bertz CT molecular complexity index is 1090. The molecule has 1 aliphatic rings. The van der Waals surface area contributed by atoms with Gasteiger partial charge in [0.15, 0.2) is 0 Å². The van der Waals surface area contributed by atoms with Gasteiger partial charge in [-0.1, -0.05) is 19.0 Å². The Balaban J connectivity index is 1.71. The van der Waals surface area contributed by atoms with E-state index >= 15 is 0 Å². The number of fused-ring (bicyclic) bond motifs is 1. The van der Waals surface area contributed by atoms with Crippen LogP contribution in [-0.2, 0) is 13.2 Å². The van der Waals surface area contributed by atoms with Crippen molar-refractivity contribution in [2.75, 3.05) is 13.1 Å². The monoisotopic (exact) mass is 421 g/mol. The summed E-state index contributed by atoms with van der Waals surface area (Å²) in [5.74, 6) is -0.810. The molecule has 0 spiro atoms. The minimum Gasteiger partial charge on any atom is -0.337 e. The highest BCUT2D eigenvalue weighted by Crippen LogP contribution is 2.40. The van der Waals surface area contributed by atoms with Gasteiger partial charge in [0, 0.05) is 37.9 Å². The van der Waals surface area contributed by atoms with Crippen molar-refractivity contribution in [1.82, 2.24) is 24.8 Å². The first-order valence-corrected chi connectivity index (χ1v) is 9.81. The molecule has 1 amide bonds. The molecule has 1 fully saturated rings. The lowest BCUT2D eigenvalue weighted by Gasteiger charge is -2.31. The van der Waals surface area contributed by atoms with Crippen molar-refractivity contribution < 1.29 is 22.5 Å². The Hall–Kier alpha value is -2.91. The number of aromatic nitrogens is 4. The molecule has 1 aliphatic heterocycles. The number of carbonyl (C=O) groups is 1. The van der Waals surface area contributed by atoms with Gasteiger partial charge < -0.3 is 9.42 Å². The van der Waals surface area contributed by atoms with E-state index in [4.69, 9.17) is 4.52 Å². The van der Waals surface area contributed by atoms with Gasteiger partial charge >= 0.3 is 6.18 Å². The van der Waals surface area contributed by atoms with Crippen molar-refractivity contribution in [3.8, 4) is 0 Å². The van der Waals surface area contributed by atoms with E-state index in [9.17, 15) is 18.0 Å². The lowest BCUT2D eigenvalue weighted by atomic mass is 9.91. The molecule has 7 nitrogen and oxygen atoms in total. The number of likely N-dealkylation sites (tertiary alicyclic amines) is 1. The van der Waals surface area contributed by atoms with E-state index in [0.717, 1.165) is 6.07 Å². The molecule has 0 bridgehead atoms. The van der Waals surface area contributed by atoms with E-state index in [0.29, 0.717) is 30.8 Å². The highest BCUT2D eigenvalue weighted by atomic mass is 19.4. The highest BCUT2D eigenvalue weighted by molar-refractivity contribution is 5.92. The van der Waals surface area contributed by atoms with Crippen molar-refractivity contribution in [3.63, 3.8) is 0 Å². The molecule has 10 heteroatoms. The van der Waals surface area contributed by atoms with Gasteiger partial charge in [0.2, 0.25) is 0 Å². The summed E-state index contributed by atoms with van der Waals surface area (Å²) in [7, 11) is 1.72. The normalized spacial score (nSPS) is 17.8. The number of carbonyl (C=O) groups excluding carboxylic acids is 1. The van der Waals surface area contributed by atoms with E-state index in [2.05, 4.69) is 15.2 Å². The summed E-state index contributed by atoms with van der Waals surface area (Å²) in [6.45, 7) is 4.31. The van der Waals surface area contributed by atoms with Crippen LogP contribution in [0.25, 0.3) is 11.1 Å². The average Bonchev–Trinajstić information content (AvgIpc) is 3.32. The first kappa shape index (κ1) is 20.4. The van der Waals surface area contributed by atoms with Crippen LogP contribution in [0, 0.1) is 0 Å². The number of halogens is 3. The van der Waals surface area contributed by atoms with Gasteiger partial charge in [-0.2, -0.15) is 18.3 Å². The summed E-state index contributed by atoms with van der Waals surface area (Å²) < 4.78 is 48.3. The number of hydrogen-bond donors (Lipinski definition) is 0. The molecule has 1 atom stereocenters. The second-order valence-corrected chi connectivity index (χ2v) is 7.96. The second kappa shape index (κ2) is 7.41. The predicted molar refractivity (Wildman–Crippen MR) is 102 cm³/mol. The molecular weight excluding hydrogens is 399 g/mol. The highest BCUT2D eigenvalue weighted by Gasteiger charge is 2.38. The Kier molecular flexibility index (Phi) is 5.03. The third-order valence-electron chi connectivity index (χ3n) is 5.42. The Morgan fingerprint density at radius 3 is 2.73 bits per heavy atom. The molecule has 4 heterocycles. The van der Waals surface area contributed by atoms with Crippen LogP contribution in [0.3, 0.4) is 0 Å². The number of amides is 1. The summed E-state index contributed by atoms with van der Waals surface area (Å²) in [6, 6.07) is 2.70. The molecule has 0 radical (unpaired) electrons. The van der Waals surface area contributed by atoms with Crippen molar-refractivity contribution >= 4 is 17.0 Å². The predicted octanol–water partition coefficient (Wildman–Crippen LogP) is 4.12. The maximum Gasteiger partial charge on any atom is 0.417 e. The number of piperidine rings is 1. The van der Waals surface area contributed by atoms with Crippen molar-refractivity contribution in [2.24, 2.45) is 7.05 Å². The lowest BCUT2D eigenvalue weighted by Crippen LogP contribution is -2.39. The largest absolute Gasteiger partial charge is 0.417 e. The quantitative estimate of drug-likeness (QED) is 0.636. The Labute approximate surface area is 170 Å². The molecule has 160 valence electrons. The van der Waals surface area contributed by atoms with Gasteiger partial charge in [0.1, 0.15) is 5.69 Å². The van der Waals surface area contributed by atoms with Gasteiger partial charge in [0.25, 0.3) is 11.6 Å². The van der Waals surface area contributed by atoms with Gasteiger partial charge in [-0.3, -0.25) is 9.48 Å². The van der Waals surface area contributed by atoms with Crippen LogP contribution in [0.2, 0.25) is 0 Å². The van der Waals surface area contributed by atoms with E-state index < -0.39 is 11.7 Å². The first-order valence-electron chi connectivity index (χ1n) is 9.81. The fourth-order valence-electron chi connectivity index (χ4n) is 3.87. The first-order chi connectivity index (χ1) is 14.1. The summed E-state index contributed by atoms with van der Waals surface area (Å²) in [6.07, 6.45) is -1.63. The lowest BCUT2D eigenvalue weighted by molar-refractivity contribution is -0.136. The number of pyridine rings is 1. The molecule has 1 saturated heterocycles. The van der Waals surface area contributed by atoms with Crippen LogP contribution in [0.15, 0.2) is 22.9 Å². The van der Waals surface area contributed by atoms with E-state index in [-0.39, 0.29) is 41.1 Å². The van der Waals surface area contributed by atoms with Gasteiger partial charge in [-0.05, 0) is 30.9 Å². The van der Waals surface area contributed by atoms with Crippen molar-refractivity contribution in [3.05, 3.63) is 41.0 Å². The van der Waals surface area contributed by atoms with Gasteiger partial charge in [-0.25, -0.2) is 4.98 Å². The topological polar surface area (TPSA) is 77.0 Å². The minimum absolute atomic E-state index is 0.107. The Morgan fingerprint density at radius 2 is 2.10 bits per heavy atom. The molecular formula is C20H22F3N5O2. The van der Waals surface area contributed by atoms with Crippen molar-refractivity contribution in [2.45, 2.75) is 44.7 Å². The molecule has 3 aromatic heterocycles. The molecule has 3 aromatic rings. The van der Waals surface area contributed by atoms with Crippen LogP contribution < -0.4 is 0 Å². The van der Waals surface area contributed by atoms with Crippen molar-refractivity contribution in [1.29, 1.82) is 0 Å². The maximum atomic E-state index is 13.8. The average molecular weight is 421 g/mol. The number of rotatable bonds is 3. The molecule has 0 N–H and O–H groups in total. The third-order valence-corrected chi connectivity index (χ3v) is 5.42. The fraction of sp³-hybridized carbons (Fsp3) is 0.500. The second-order valence-electron chi connectivity index (χ2n) is 7.96. The van der Waals surface area contributed by atoms with Gasteiger partial charge in [0.05, 0.1) is 16.6 Å². The zero-order valence-corrected chi connectivity index (χ0v) is 16.9. The van der Waals surface area contributed by atoms with Crippen LogP contribution in [0.5, 0.6) is 0 Å². The fourth-order valence-corrected chi connectivity index (χ4v) is 3.87. The summed E-state index contributed by atoms with van der Waals surface area (Å²) in [4.78, 5) is 18.6. The van der Waals surface area contributed by atoms with E-state index in [1.165, 1.54) is 4.68 Å². The smallest absolute Gasteiger partial charge is 0.337 e.